The molecule has 4 rings (SSSR count). The van der Waals surface area contributed by atoms with E-state index in [9.17, 15) is 35.2 Å². The summed E-state index contributed by atoms with van der Waals surface area (Å²) in [5.41, 5.74) is 0. The average Bonchev–Trinajstić information content (AvgIpc) is 2.95. The number of urea groups is 1. The summed E-state index contributed by atoms with van der Waals surface area (Å²) in [5, 5.41) is 0.345. The van der Waals surface area contributed by atoms with Crippen molar-refractivity contribution in [2.45, 2.75) is 10.9 Å². The molecule has 224 valence electrons. The topological polar surface area (TPSA) is 178 Å². The van der Waals surface area contributed by atoms with Crippen LogP contribution >= 0.6 is 11.6 Å². The molecule has 2 aromatic carbocycles. The SMILES string of the molecule is NOC(=O)[C@H]1CN(S(=O)(=O)NC(=O)N2CCOCC2)CCN1S(=O)(=O)c1cc(F)c(Oc2ccc(Cl)cc2)c(F)c1. The molecule has 2 heterocycles. The maximum absolute atomic E-state index is 14.9. The molecule has 0 spiro atoms. The minimum absolute atomic E-state index is 0.0200. The van der Waals surface area contributed by atoms with E-state index < -0.39 is 80.2 Å². The van der Waals surface area contributed by atoms with Crippen molar-refractivity contribution in [3.05, 3.63) is 53.1 Å². The van der Waals surface area contributed by atoms with E-state index in [0.29, 0.717) is 25.8 Å². The highest BCUT2D eigenvalue weighted by atomic mass is 35.5. The number of nitrogens with one attached hydrogen (secondary N) is 1. The summed E-state index contributed by atoms with van der Waals surface area (Å²) in [6, 6.07) is 3.68. The maximum Gasteiger partial charge on any atom is 0.344 e. The van der Waals surface area contributed by atoms with Crippen molar-refractivity contribution in [2.24, 2.45) is 5.90 Å². The third-order valence-electron chi connectivity index (χ3n) is 6.15. The Labute approximate surface area is 238 Å². The molecule has 2 amide bonds. The summed E-state index contributed by atoms with van der Waals surface area (Å²) in [5.74, 6) is -0.00785. The van der Waals surface area contributed by atoms with Gasteiger partial charge in [-0.05, 0) is 36.4 Å². The number of amides is 2. The molecular formula is C22H24ClF2N5O9S2. The number of ether oxygens (including phenoxy) is 2. The Morgan fingerprint density at radius 2 is 1.61 bits per heavy atom. The summed E-state index contributed by atoms with van der Waals surface area (Å²) < 4.78 is 95.6. The fourth-order valence-electron chi connectivity index (χ4n) is 4.06. The molecule has 0 bridgehead atoms. The molecule has 0 unspecified atom stereocenters. The number of morpholine rings is 1. The molecule has 2 fully saturated rings. The Bertz CT molecular complexity index is 1500. The van der Waals surface area contributed by atoms with Crippen LogP contribution in [0.2, 0.25) is 5.02 Å². The van der Waals surface area contributed by atoms with E-state index in [4.69, 9.17) is 27.0 Å². The van der Waals surface area contributed by atoms with Gasteiger partial charge in [0.05, 0.1) is 18.1 Å². The number of hydrogen-bond donors (Lipinski definition) is 2. The Morgan fingerprint density at radius 3 is 2.20 bits per heavy atom. The number of sulfonamides is 1. The van der Waals surface area contributed by atoms with E-state index in [1.165, 1.54) is 29.2 Å². The van der Waals surface area contributed by atoms with Gasteiger partial charge in [0.2, 0.25) is 10.0 Å². The van der Waals surface area contributed by atoms with Crippen molar-refractivity contribution in [1.29, 1.82) is 0 Å². The number of halogens is 3. The lowest BCUT2D eigenvalue weighted by atomic mass is 10.2. The number of benzene rings is 2. The van der Waals surface area contributed by atoms with E-state index in [-0.39, 0.29) is 32.1 Å². The van der Waals surface area contributed by atoms with Crippen molar-refractivity contribution in [3.8, 4) is 11.5 Å². The van der Waals surface area contributed by atoms with E-state index >= 15 is 0 Å². The fourth-order valence-corrected chi connectivity index (χ4v) is 6.91. The monoisotopic (exact) mass is 639 g/mol. The van der Waals surface area contributed by atoms with Crippen molar-refractivity contribution >= 4 is 43.8 Å². The molecule has 2 aliphatic heterocycles. The molecule has 0 aliphatic carbocycles. The first-order valence-corrected chi connectivity index (χ1v) is 15.1. The maximum atomic E-state index is 14.9. The number of piperazine rings is 1. The lowest BCUT2D eigenvalue weighted by Crippen LogP contribution is -2.62. The molecule has 2 saturated heterocycles. The zero-order valence-corrected chi connectivity index (χ0v) is 23.4. The zero-order valence-electron chi connectivity index (χ0n) is 21.0. The minimum atomic E-state index is -4.82. The summed E-state index contributed by atoms with van der Waals surface area (Å²) in [6.07, 6.45) is 0. The van der Waals surface area contributed by atoms with Crippen LogP contribution in [0, 0.1) is 11.6 Å². The molecule has 14 nitrogen and oxygen atoms in total. The van der Waals surface area contributed by atoms with Gasteiger partial charge in [0.1, 0.15) is 11.8 Å². The molecule has 0 saturated carbocycles. The first kappa shape index (κ1) is 30.8. The predicted molar refractivity (Wildman–Crippen MR) is 137 cm³/mol. The van der Waals surface area contributed by atoms with Crippen LogP contribution in [0.15, 0.2) is 41.3 Å². The van der Waals surface area contributed by atoms with Crippen LogP contribution in [0.5, 0.6) is 11.5 Å². The molecule has 19 heteroatoms. The largest absolute Gasteiger partial charge is 0.451 e. The molecule has 0 aromatic heterocycles. The number of nitrogens with zero attached hydrogens (tertiary/aromatic N) is 3. The third kappa shape index (κ3) is 6.85. The van der Waals surface area contributed by atoms with Crippen LogP contribution in [0.1, 0.15) is 0 Å². The van der Waals surface area contributed by atoms with Gasteiger partial charge in [0, 0.05) is 37.7 Å². The lowest BCUT2D eigenvalue weighted by Gasteiger charge is -2.38. The molecule has 41 heavy (non-hydrogen) atoms. The van der Waals surface area contributed by atoms with E-state index in [0.717, 1.165) is 0 Å². The predicted octanol–water partition coefficient (Wildman–Crippen LogP) is 0.789. The summed E-state index contributed by atoms with van der Waals surface area (Å²) in [6.45, 7) is -1.28. The van der Waals surface area contributed by atoms with Gasteiger partial charge in [-0.3, -0.25) is 0 Å². The smallest absolute Gasteiger partial charge is 0.344 e. The normalized spacial score (nSPS) is 19.0. The second kappa shape index (κ2) is 12.4. The van der Waals surface area contributed by atoms with Crippen LogP contribution in [-0.4, -0.2) is 94.3 Å². The molecule has 0 radical (unpaired) electrons. The molecule has 2 aromatic rings. The van der Waals surface area contributed by atoms with Gasteiger partial charge in [-0.1, -0.05) is 11.6 Å². The zero-order chi connectivity index (χ0) is 29.9. The van der Waals surface area contributed by atoms with Gasteiger partial charge < -0.3 is 19.2 Å². The first-order chi connectivity index (χ1) is 19.3. The first-order valence-electron chi connectivity index (χ1n) is 11.8. The van der Waals surface area contributed by atoms with Crippen LogP contribution in [0.25, 0.3) is 0 Å². The number of carbonyl (C=O) groups excluding carboxylic acids is 2. The summed E-state index contributed by atoms with van der Waals surface area (Å²) >= 11 is 5.78. The second-order valence-electron chi connectivity index (χ2n) is 8.71. The third-order valence-corrected chi connectivity index (χ3v) is 9.73. The highest BCUT2D eigenvalue weighted by Gasteiger charge is 2.45. The van der Waals surface area contributed by atoms with Gasteiger partial charge in [-0.25, -0.2) is 31.5 Å². The Morgan fingerprint density at radius 1 is 1.00 bits per heavy atom. The average molecular weight is 640 g/mol. The molecular weight excluding hydrogens is 616 g/mol. The van der Waals surface area contributed by atoms with E-state index in [2.05, 4.69) is 4.84 Å². The summed E-state index contributed by atoms with van der Waals surface area (Å²) in [7, 11) is -9.38. The number of rotatable bonds is 7. The van der Waals surface area contributed by atoms with Crippen molar-refractivity contribution in [3.63, 3.8) is 0 Å². The Hall–Kier alpha value is -3.13. The van der Waals surface area contributed by atoms with Crippen molar-refractivity contribution in [2.75, 3.05) is 45.9 Å². The standard InChI is InChI=1S/C22H24ClF2N5O9S2/c23-14-1-3-15(4-2-14)38-20-17(24)11-16(12-18(20)25)40(33,34)30-6-5-29(13-19(30)21(31)39-26)41(35,36)27-22(32)28-7-9-37-10-8-28/h1-4,11-12,19H,5-10,13,26H2,(H,27,32)/t19-/m1/s1. The number of carbonyl (C=O) groups is 2. The van der Waals surface area contributed by atoms with E-state index in [1.807, 2.05) is 4.72 Å². The van der Waals surface area contributed by atoms with E-state index in [1.54, 1.807) is 0 Å². The fraction of sp³-hybridized carbons (Fsp3) is 0.364. The second-order valence-corrected chi connectivity index (χ2v) is 12.7. The van der Waals surface area contributed by atoms with Crippen LogP contribution in [0.3, 0.4) is 0 Å². The quantitative estimate of drug-likeness (QED) is 0.412. The van der Waals surface area contributed by atoms with Crippen molar-refractivity contribution in [1.82, 2.24) is 18.2 Å². The minimum Gasteiger partial charge on any atom is -0.451 e. The van der Waals surface area contributed by atoms with Gasteiger partial charge in [0.15, 0.2) is 17.4 Å². The number of nitrogens with two attached hydrogens (primary N) is 1. The van der Waals surface area contributed by atoms with Gasteiger partial charge in [-0.15, -0.1) is 0 Å². The van der Waals surface area contributed by atoms with Crippen LogP contribution < -0.4 is 15.4 Å². The van der Waals surface area contributed by atoms with Crippen molar-refractivity contribution < 1.29 is 49.5 Å². The van der Waals surface area contributed by atoms with Gasteiger partial charge in [0.25, 0.3) is 0 Å². The molecule has 2 aliphatic rings. The Balaban J connectivity index is 1.56. The summed E-state index contributed by atoms with van der Waals surface area (Å²) in [4.78, 5) is 29.4. The Kier molecular flexibility index (Phi) is 9.32. The molecule has 3 N–H and O–H groups in total. The van der Waals surface area contributed by atoms with Crippen LogP contribution in [0.4, 0.5) is 13.6 Å². The highest BCUT2D eigenvalue weighted by molar-refractivity contribution is 7.89. The van der Waals surface area contributed by atoms with Gasteiger partial charge >= 0.3 is 22.2 Å². The highest BCUT2D eigenvalue weighted by Crippen LogP contribution is 2.32. The lowest BCUT2D eigenvalue weighted by molar-refractivity contribution is -0.150. The molecule has 1 atom stereocenters. The van der Waals surface area contributed by atoms with Crippen LogP contribution in [-0.2, 0) is 34.6 Å². The van der Waals surface area contributed by atoms with Gasteiger partial charge in [-0.2, -0.15) is 22.9 Å². The number of hydrogen-bond acceptors (Lipinski definition) is 10.